The minimum absolute atomic E-state index is 0.0181. The van der Waals surface area contributed by atoms with Crippen LogP contribution in [0.3, 0.4) is 0 Å². The molecule has 1 aromatic heterocycles. The molecule has 3 aromatic carbocycles. The molecule has 4 atom stereocenters. The van der Waals surface area contributed by atoms with Crippen LogP contribution in [0.25, 0.3) is 10.1 Å². The Hall–Kier alpha value is -5.55. The Morgan fingerprint density at radius 2 is 1.77 bits per heavy atom. The van der Waals surface area contributed by atoms with Crippen LogP contribution >= 0.6 is 11.3 Å². The van der Waals surface area contributed by atoms with Gasteiger partial charge in [0.05, 0.1) is 21.7 Å². The van der Waals surface area contributed by atoms with Crippen LogP contribution < -0.4 is 27.3 Å². The quantitative estimate of drug-likeness (QED) is 0.120. The number of Topliss-reactive ketones (excluding diaryl/α,β-unsaturated/α-hetero) is 1. The number of amides is 3. The van der Waals surface area contributed by atoms with Crippen molar-refractivity contribution in [1.82, 2.24) is 15.1 Å². The van der Waals surface area contributed by atoms with Crippen molar-refractivity contribution in [2.45, 2.75) is 63.2 Å². The van der Waals surface area contributed by atoms with Gasteiger partial charge in [0.2, 0.25) is 5.91 Å². The van der Waals surface area contributed by atoms with Gasteiger partial charge in [0.15, 0.2) is 5.78 Å². The van der Waals surface area contributed by atoms with E-state index in [0.29, 0.717) is 76.3 Å². The SMILES string of the molecule is CC(=O)N1CCC[C@H]1/C=C(\C#N)C(=O)N1CCC[C@@H](NC(=O)c2sc3c(N)ccc4c3c2C(N)C(=O)C4(N)c2ccc(Oc3ccccc3)cc2C)C1. The Labute approximate surface area is 311 Å². The number of nitrogens with zero attached hydrogens (tertiary/aromatic N) is 3. The van der Waals surface area contributed by atoms with E-state index in [1.165, 1.54) is 6.92 Å². The molecule has 0 radical (unpaired) electrons. The van der Waals surface area contributed by atoms with Crippen LogP contribution in [-0.2, 0) is 19.9 Å². The van der Waals surface area contributed by atoms with E-state index < -0.39 is 35.2 Å². The van der Waals surface area contributed by atoms with Gasteiger partial charge in [0, 0.05) is 49.2 Å². The van der Waals surface area contributed by atoms with E-state index in [1.807, 2.05) is 49.4 Å². The van der Waals surface area contributed by atoms with Crippen LogP contribution in [-0.4, -0.2) is 65.0 Å². The molecule has 2 fully saturated rings. The highest BCUT2D eigenvalue weighted by Gasteiger charge is 2.49. The Balaban J connectivity index is 1.16. The molecule has 3 aliphatic rings. The Morgan fingerprint density at radius 3 is 2.49 bits per heavy atom. The predicted molar refractivity (Wildman–Crippen MR) is 202 cm³/mol. The molecule has 2 saturated heterocycles. The number of carbonyl (C=O) groups excluding carboxylic acids is 4. The normalized spacial score (nSPS) is 22.8. The van der Waals surface area contributed by atoms with Crippen LogP contribution in [0.4, 0.5) is 5.69 Å². The van der Waals surface area contributed by atoms with Crippen molar-refractivity contribution in [2.75, 3.05) is 25.4 Å². The number of ether oxygens (including phenoxy) is 1. The third kappa shape index (κ3) is 6.33. The summed E-state index contributed by atoms with van der Waals surface area (Å²) in [5.41, 5.74) is 21.3. The van der Waals surface area contributed by atoms with E-state index in [0.717, 1.165) is 23.3 Å². The molecule has 3 heterocycles. The molecule has 0 bridgehead atoms. The number of hydrogen-bond donors (Lipinski definition) is 4. The van der Waals surface area contributed by atoms with E-state index in [9.17, 15) is 24.4 Å². The highest BCUT2D eigenvalue weighted by Crippen LogP contribution is 2.50. The van der Waals surface area contributed by atoms with Crippen molar-refractivity contribution in [1.29, 1.82) is 5.26 Å². The molecule has 12 nitrogen and oxygen atoms in total. The second-order valence-electron chi connectivity index (χ2n) is 14.0. The summed E-state index contributed by atoms with van der Waals surface area (Å²) in [5, 5.41) is 13.5. The van der Waals surface area contributed by atoms with Crippen LogP contribution in [0.5, 0.6) is 11.5 Å². The van der Waals surface area contributed by atoms with Gasteiger partial charge in [0.1, 0.15) is 28.7 Å². The molecule has 4 aromatic rings. The first-order valence-corrected chi connectivity index (χ1v) is 18.5. The lowest BCUT2D eigenvalue weighted by Gasteiger charge is -2.37. The number of carbonyl (C=O) groups is 4. The van der Waals surface area contributed by atoms with E-state index in [4.69, 9.17) is 21.9 Å². The largest absolute Gasteiger partial charge is 0.457 e. The maximum absolute atomic E-state index is 14.4. The summed E-state index contributed by atoms with van der Waals surface area (Å²) in [6, 6.07) is 18.3. The van der Waals surface area contributed by atoms with Crippen LogP contribution in [0, 0.1) is 18.3 Å². The van der Waals surface area contributed by atoms with Gasteiger partial charge in [-0.3, -0.25) is 19.2 Å². The zero-order valence-corrected chi connectivity index (χ0v) is 30.4. The third-order valence-corrected chi connectivity index (χ3v) is 11.8. The van der Waals surface area contributed by atoms with Crippen LogP contribution in [0.2, 0.25) is 0 Å². The number of piperidine rings is 1. The Morgan fingerprint density at radius 1 is 1.04 bits per heavy atom. The van der Waals surface area contributed by atoms with Crippen molar-refractivity contribution in [3.8, 4) is 17.6 Å². The van der Waals surface area contributed by atoms with Crippen molar-refractivity contribution in [3.05, 3.63) is 99.4 Å². The van der Waals surface area contributed by atoms with Gasteiger partial charge in [-0.25, -0.2) is 0 Å². The van der Waals surface area contributed by atoms with Gasteiger partial charge in [-0.05, 0) is 85.7 Å². The fraction of sp³-hybridized carbons (Fsp3) is 0.325. The lowest BCUT2D eigenvalue weighted by Crippen LogP contribution is -2.53. The summed E-state index contributed by atoms with van der Waals surface area (Å²) < 4.78 is 6.63. The monoisotopic (exact) mass is 731 g/mol. The fourth-order valence-electron chi connectivity index (χ4n) is 8.00. The number of aryl methyl sites for hydroxylation is 1. The van der Waals surface area contributed by atoms with E-state index in [1.54, 1.807) is 40.1 Å². The smallest absolute Gasteiger partial charge is 0.264 e. The number of nitrogens with one attached hydrogen (secondary N) is 1. The molecule has 3 amide bonds. The van der Waals surface area contributed by atoms with Crippen molar-refractivity contribution < 1.29 is 23.9 Å². The van der Waals surface area contributed by atoms with Gasteiger partial charge in [-0.1, -0.05) is 30.3 Å². The topological polar surface area (TPSA) is 198 Å². The number of nitrogen functional groups attached to an aromatic ring is 1. The molecule has 0 saturated carbocycles. The minimum atomic E-state index is -1.63. The molecular formula is C40H41N7O5S. The van der Waals surface area contributed by atoms with Crippen molar-refractivity contribution >= 4 is 50.6 Å². The maximum atomic E-state index is 14.4. The molecule has 7 rings (SSSR count). The van der Waals surface area contributed by atoms with E-state index in [2.05, 4.69) is 5.32 Å². The molecular weight excluding hydrogens is 691 g/mol. The van der Waals surface area contributed by atoms with Gasteiger partial charge in [-0.15, -0.1) is 11.3 Å². The third-order valence-electron chi connectivity index (χ3n) is 10.6. The molecule has 272 valence electrons. The number of thiophene rings is 1. The molecule has 13 heteroatoms. The van der Waals surface area contributed by atoms with Crippen molar-refractivity contribution in [3.63, 3.8) is 0 Å². The zero-order chi connectivity index (χ0) is 37.6. The molecule has 0 spiro atoms. The summed E-state index contributed by atoms with van der Waals surface area (Å²) in [4.78, 5) is 57.5. The van der Waals surface area contributed by atoms with Gasteiger partial charge in [0.25, 0.3) is 11.8 Å². The number of nitriles is 1. The van der Waals surface area contributed by atoms with Crippen LogP contribution in [0.15, 0.2) is 72.3 Å². The van der Waals surface area contributed by atoms with Gasteiger partial charge >= 0.3 is 0 Å². The van der Waals surface area contributed by atoms with E-state index in [-0.39, 0.29) is 28.9 Å². The highest BCUT2D eigenvalue weighted by atomic mass is 32.1. The summed E-state index contributed by atoms with van der Waals surface area (Å²) in [6.07, 6.45) is 4.29. The number of likely N-dealkylation sites (tertiary alicyclic amines) is 2. The Kier molecular flexibility index (Phi) is 9.54. The summed E-state index contributed by atoms with van der Waals surface area (Å²) in [7, 11) is 0. The highest BCUT2D eigenvalue weighted by molar-refractivity contribution is 7.21. The molecule has 7 N–H and O–H groups in total. The van der Waals surface area contributed by atoms with E-state index >= 15 is 0 Å². The molecule has 1 aliphatic carbocycles. The number of ketones is 1. The first-order valence-electron chi connectivity index (χ1n) is 17.7. The maximum Gasteiger partial charge on any atom is 0.264 e. The lowest BCUT2D eigenvalue weighted by molar-refractivity contribution is -0.130. The van der Waals surface area contributed by atoms with Gasteiger partial charge < -0.3 is 37.1 Å². The molecule has 2 aliphatic heterocycles. The fourth-order valence-corrected chi connectivity index (χ4v) is 9.20. The molecule has 2 unspecified atom stereocenters. The minimum Gasteiger partial charge on any atom is -0.457 e. The summed E-state index contributed by atoms with van der Waals surface area (Å²) in [5.74, 6) is -0.166. The van der Waals surface area contributed by atoms with Crippen LogP contribution in [0.1, 0.15) is 70.6 Å². The van der Waals surface area contributed by atoms with Crippen molar-refractivity contribution in [2.24, 2.45) is 11.5 Å². The zero-order valence-electron chi connectivity index (χ0n) is 29.6. The average molecular weight is 732 g/mol. The lowest BCUT2D eigenvalue weighted by atomic mass is 9.69. The first-order chi connectivity index (χ1) is 25.4. The predicted octanol–water partition coefficient (Wildman–Crippen LogP) is 4.55. The summed E-state index contributed by atoms with van der Waals surface area (Å²) >= 11 is 1.16. The number of para-hydroxylation sites is 1. The second-order valence-corrected chi connectivity index (χ2v) is 15.0. The average Bonchev–Trinajstić information content (AvgIpc) is 3.79. The number of benzene rings is 3. The number of hydrogen-bond acceptors (Lipinski definition) is 10. The Bertz CT molecular complexity index is 2230. The summed E-state index contributed by atoms with van der Waals surface area (Å²) in [6.45, 7) is 4.55. The standard InChI is InChI=1S/C40H41N7O5S/c1-22-18-28(52-27-10-4-3-5-11-27)12-13-29(22)40(44)30-14-15-31(42)35-32(30)33(34(43)37(40)49)36(53-35)38(50)45-25-8-6-16-46(21-25)39(51)24(20-41)19-26-9-7-17-47(26)23(2)48/h3-5,10-15,18-19,25-26,34H,6-9,16-17,21,42-44H2,1-2H3,(H,45,50)/b24-19+/t25-,26+,34?,40?/m1/s1. The van der Waals surface area contributed by atoms with Gasteiger partial charge in [-0.2, -0.15) is 5.26 Å². The number of rotatable bonds is 7. The first kappa shape index (κ1) is 35.8. The second kappa shape index (κ2) is 14.1. The number of anilines is 1. The molecule has 53 heavy (non-hydrogen) atoms. The number of nitrogens with two attached hydrogens (primary N) is 3.